The van der Waals surface area contributed by atoms with Crippen molar-refractivity contribution in [2.24, 2.45) is 0 Å². The summed E-state index contributed by atoms with van der Waals surface area (Å²) in [6.45, 7) is 1.63. The van der Waals surface area contributed by atoms with Crippen LogP contribution < -0.4 is 0 Å². The van der Waals surface area contributed by atoms with Gasteiger partial charge >= 0.3 is 26.4 Å². The van der Waals surface area contributed by atoms with Crippen LogP contribution in [-0.2, 0) is 14.1 Å². The molecule has 0 saturated carbocycles. The van der Waals surface area contributed by atoms with Gasteiger partial charge in [0, 0.05) is 11.0 Å². The smallest absolute Gasteiger partial charge is 0.392 e. The van der Waals surface area contributed by atoms with Gasteiger partial charge in [-0.3, -0.25) is 14.9 Å². The molecule has 0 fully saturated rings. The van der Waals surface area contributed by atoms with Gasteiger partial charge in [-0.15, -0.1) is 9.79 Å². The van der Waals surface area contributed by atoms with Crippen molar-refractivity contribution in [3.8, 4) is 0 Å². The SMILES string of the molecule is CCCC(=O)OC([N+](=O)[O-])C(O)(O)O.O=[P+](O)O. The highest BCUT2D eigenvalue weighted by Crippen LogP contribution is 2.09. The van der Waals surface area contributed by atoms with Crippen LogP contribution in [0.25, 0.3) is 0 Å². The molecule has 106 valence electrons. The number of carbonyl (C=O) groups excluding carboxylic acids is 1. The Kier molecular flexibility index (Phi) is 9.35. The molecule has 0 bridgehead atoms. The van der Waals surface area contributed by atoms with Gasteiger partial charge in [-0.2, -0.15) is 0 Å². The molecular formula is C6H13NO10P+. The molecule has 0 spiro atoms. The fraction of sp³-hybridized carbons (Fsp3) is 0.833. The van der Waals surface area contributed by atoms with E-state index in [-0.39, 0.29) is 6.42 Å². The highest BCUT2D eigenvalue weighted by atomic mass is 31.1. The monoisotopic (exact) mass is 290 g/mol. The summed E-state index contributed by atoms with van der Waals surface area (Å²) in [5.74, 6) is -4.66. The molecule has 12 heteroatoms. The number of nitrogens with zero attached hydrogens (tertiary/aromatic N) is 1. The van der Waals surface area contributed by atoms with Gasteiger partial charge in [0.1, 0.15) is 0 Å². The number of carbonyl (C=O) groups is 1. The first-order valence-electron chi connectivity index (χ1n) is 4.37. The third-order valence-corrected chi connectivity index (χ3v) is 1.22. The minimum Gasteiger partial charge on any atom is -0.392 e. The Labute approximate surface area is 101 Å². The number of ether oxygens (including phenoxy) is 1. The number of aliphatic hydroxyl groups is 3. The van der Waals surface area contributed by atoms with E-state index in [1.54, 1.807) is 6.92 Å². The molecule has 0 radical (unpaired) electrons. The normalized spacial score (nSPS) is 11.9. The molecule has 0 aromatic carbocycles. The maximum Gasteiger partial charge on any atom is 0.692 e. The van der Waals surface area contributed by atoms with Crippen molar-refractivity contribution in [3.63, 3.8) is 0 Å². The Balaban J connectivity index is 0. The summed E-state index contributed by atoms with van der Waals surface area (Å²) in [7, 11) is -2.87. The van der Waals surface area contributed by atoms with Crippen molar-refractivity contribution in [1.29, 1.82) is 0 Å². The summed E-state index contributed by atoms with van der Waals surface area (Å²) in [6.07, 6.45) is -2.32. The molecule has 0 aliphatic carbocycles. The van der Waals surface area contributed by atoms with Crippen LogP contribution in [0.3, 0.4) is 0 Å². The molecule has 1 unspecified atom stereocenters. The quantitative estimate of drug-likeness (QED) is 0.127. The van der Waals surface area contributed by atoms with Crippen molar-refractivity contribution in [2.45, 2.75) is 32.0 Å². The van der Waals surface area contributed by atoms with Gasteiger partial charge in [-0.25, -0.2) is 0 Å². The first-order valence-corrected chi connectivity index (χ1v) is 5.54. The predicted molar refractivity (Wildman–Crippen MR) is 53.2 cm³/mol. The standard InChI is InChI=1S/C6H11NO7.HO3P/c1-2-3-4(8)14-5(7(12)13)6(9,10)11;1-4(2)3/h5,9-11H,2-3H2,1H3;(H-,1,2,3)/p+1. The largest absolute Gasteiger partial charge is 0.692 e. The second-order valence-corrected chi connectivity index (χ2v) is 3.32. The van der Waals surface area contributed by atoms with E-state index in [0.29, 0.717) is 6.42 Å². The molecule has 0 rings (SSSR count). The lowest BCUT2D eigenvalue weighted by atomic mass is 10.3. The summed E-state index contributed by atoms with van der Waals surface area (Å²) in [4.78, 5) is 33.8. The Morgan fingerprint density at radius 1 is 1.44 bits per heavy atom. The van der Waals surface area contributed by atoms with E-state index >= 15 is 0 Å². The van der Waals surface area contributed by atoms with Gasteiger partial charge in [0.2, 0.25) is 0 Å². The van der Waals surface area contributed by atoms with E-state index in [2.05, 4.69) is 4.74 Å². The van der Waals surface area contributed by atoms with Crippen LogP contribution in [0.2, 0.25) is 0 Å². The van der Waals surface area contributed by atoms with Gasteiger partial charge in [0.15, 0.2) is 0 Å². The minimum absolute atomic E-state index is 0.111. The van der Waals surface area contributed by atoms with Crippen LogP contribution in [0.1, 0.15) is 19.8 Å². The molecule has 0 saturated heterocycles. The van der Waals surface area contributed by atoms with Crippen molar-refractivity contribution in [2.75, 3.05) is 0 Å². The summed E-state index contributed by atoms with van der Waals surface area (Å²) in [5, 5.41) is 35.5. The summed E-state index contributed by atoms with van der Waals surface area (Å²) >= 11 is 0. The molecule has 0 aliphatic heterocycles. The zero-order chi connectivity index (χ0) is 14.9. The maximum atomic E-state index is 10.7. The predicted octanol–water partition coefficient (Wildman–Crippen LogP) is -1.81. The van der Waals surface area contributed by atoms with Crippen molar-refractivity contribution >= 4 is 14.2 Å². The second kappa shape index (κ2) is 8.80. The molecule has 0 aromatic heterocycles. The van der Waals surface area contributed by atoms with Crippen LogP contribution in [-0.4, -0.2) is 48.2 Å². The first kappa shape index (κ1) is 19.1. The third kappa shape index (κ3) is 11.3. The summed E-state index contributed by atoms with van der Waals surface area (Å²) < 4.78 is 12.7. The second-order valence-electron chi connectivity index (χ2n) is 2.82. The third-order valence-electron chi connectivity index (χ3n) is 1.22. The Hall–Kier alpha value is -1.23. The maximum absolute atomic E-state index is 10.7. The van der Waals surface area contributed by atoms with Crippen LogP contribution >= 0.6 is 8.25 Å². The van der Waals surface area contributed by atoms with E-state index in [1.807, 2.05) is 0 Å². The molecule has 0 amide bonds. The number of hydrogen-bond acceptors (Lipinski definition) is 8. The van der Waals surface area contributed by atoms with Gasteiger partial charge < -0.3 is 20.1 Å². The van der Waals surface area contributed by atoms with Crippen molar-refractivity contribution < 1.29 is 44.1 Å². The van der Waals surface area contributed by atoms with Crippen molar-refractivity contribution in [1.82, 2.24) is 0 Å². The molecule has 0 heterocycles. The highest BCUT2D eigenvalue weighted by Gasteiger charge is 2.46. The van der Waals surface area contributed by atoms with Crippen molar-refractivity contribution in [3.05, 3.63) is 10.1 Å². The van der Waals surface area contributed by atoms with Crippen LogP contribution in [0.4, 0.5) is 0 Å². The topological polar surface area (TPSA) is 188 Å². The molecule has 5 N–H and O–H groups in total. The molecule has 11 nitrogen and oxygen atoms in total. The Morgan fingerprint density at radius 3 is 2.06 bits per heavy atom. The number of esters is 1. The zero-order valence-corrected chi connectivity index (χ0v) is 10.1. The average Bonchev–Trinajstić information content (AvgIpc) is 2.11. The van der Waals surface area contributed by atoms with E-state index in [4.69, 9.17) is 29.7 Å². The molecular weight excluding hydrogens is 277 g/mol. The van der Waals surface area contributed by atoms with Gasteiger partial charge in [0.05, 0.1) is 4.92 Å². The number of hydrogen-bond donors (Lipinski definition) is 5. The fourth-order valence-corrected chi connectivity index (χ4v) is 0.651. The lowest BCUT2D eigenvalue weighted by molar-refractivity contribution is -0.632. The highest BCUT2D eigenvalue weighted by molar-refractivity contribution is 7.30. The Morgan fingerprint density at radius 2 is 1.83 bits per heavy atom. The zero-order valence-electron chi connectivity index (χ0n) is 9.16. The van der Waals surface area contributed by atoms with Gasteiger partial charge in [-0.05, 0) is 6.42 Å². The molecule has 0 aromatic rings. The first-order chi connectivity index (χ1) is 8.02. The lowest BCUT2D eigenvalue weighted by Crippen LogP contribution is -2.49. The fourth-order valence-electron chi connectivity index (χ4n) is 0.651. The van der Waals surface area contributed by atoms with Crippen LogP contribution in [0, 0.1) is 10.1 Å². The van der Waals surface area contributed by atoms with E-state index in [0.717, 1.165) is 0 Å². The van der Waals surface area contributed by atoms with Gasteiger partial charge in [-0.1, -0.05) is 6.92 Å². The van der Waals surface area contributed by atoms with Gasteiger partial charge in [0.25, 0.3) is 0 Å². The van der Waals surface area contributed by atoms with Crippen LogP contribution in [0.5, 0.6) is 0 Å². The van der Waals surface area contributed by atoms with E-state index < -0.39 is 31.3 Å². The number of nitro groups is 1. The lowest BCUT2D eigenvalue weighted by Gasteiger charge is -2.17. The summed E-state index contributed by atoms with van der Waals surface area (Å²) in [6, 6.07) is 0. The van der Waals surface area contributed by atoms with E-state index in [9.17, 15) is 14.9 Å². The average molecular weight is 290 g/mol. The van der Waals surface area contributed by atoms with E-state index in [1.165, 1.54) is 0 Å². The molecule has 1 atom stereocenters. The minimum atomic E-state index is -3.67. The summed E-state index contributed by atoms with van der Waals surface area (Å²) in [5.41, 5.74) is 0. The Bertz CT molecular complexity index is 295. The molecule has 0 aliphatic rings. The molecule has 18 heavy (non-hydrogen) atoms. The number of rotatable bonds is 5. The van der Waals surface area contributed by atoms with Crippen LogP contribution in [0.15, 0.2) is 0 Å².